The van der Waals surface area contributed by atoms with Gasteiger partial charge < -0.3 is 9.47 Å². The number of hydrogen-bond acceptors (Lipinski definition) is 1. The van der Waals surface area contributed by atoms with Crippen molar-refractivity contribution in [2.24, 2.45) is 0 Å². The molecule has 0 amide bonds. The van der Waals surface area contributed by atoms with E-state index in [-0.39, 0.29) is 0 Å². The van der Waals surface area contributed by atoms with Crippen molar-refractivity contribution in [2.45, 2.75) is 0 Å². The van der Waals surface area contributed by atoms with Crippen LogP contribution in [0.4, 0.5) is 17.1 Å². The maximum Gasteiger partial charge on any atom is 0.0618 e. The highest BCUT2D eigenvalue weighted by molar-refractivity contribution is 6.17. The average Bonchev–Trinajstić information content (AvgIpc) is 3.62. The van der Waals surface area contributed by atoms with Crippen LogP contribution in [0.25, 0.3) is 72.0 Å². The maximum absolute atomic E-state index is 2.49. The molecule has 0 aliphatic carbocycles. The molecule has 0 fully saturated rings. The molecular weight excluding hydrogens is 677 g/mol. The predicted octanol–water partition coefficient (Wildman–Crippen LogP) is 14.9. The van der Waals surface area contributed by atoms with Crippen molar-refractivity contribution >= 4 is 38.9 Å². The lowest BCUT2D eigenvalue weighted by Crippen LogP contribution is -2.10. The van der Waals surface area contributed by atoms with Gasteiger partial charge in [0.15, 0.2) is 0 Å². The largest absolute Gasteiger partial charge is 0.310 e. The lowest BCUT2D eigenvalue weighted by atomic mass is 9.94. The van der Waals surface area contributed by atoms with Gasteiger partial charge in [-0.05, 0) is 75.8 Å². The van der Waals surface area contributed by atoms with Gasteiger partial charge in [-0.2, -0.15) is 0 Å². The lowest BCUT2D eigenvalue weighted by molar-refractivity contribution is 1.18. The summed E-state index contributed by atoms with van der Waals surface area (Å²) in [5, 5.41) is 2.40. The third-order valence-electron chi connectivity index (χ3n) is 10.8. The lowest BCUT2D eigenvalue weighted by Gasteiger charge is -2.27. The van der Waals surface area contributed by atoms with E-state index in [0.29, 0.717) is 0 Å². The number of benzene rings is 9. The Bertz CT molecular complexity index is 2890. The Morgan fingerprint density at radius 3 is 1.38 bits per heavy atom. The number of hydrogen-bond donors (Lipinski definition) is 0. The summed E-state index contributed by atoms with van der Waals surface area (Å²) in [6.07, 6.45) is 0. The Kier molecular flexibility index (Phi) is 8.55. The molecule has 9 aromatic carbocycles. The molecule has 0 saturated heterocycles. The molecule has 56 heavy (non-hydrogen) atoms. The van der Waals surface area contributed by atoms with Gasteiger partial charge in [-0.25, -0.2) is 0 Å². The summed E-state index contributed by atoms with van der Waals surface area (Å²) in [5.74, 6) is 0. The van der Waals surface area contributed by atoms with Crippen molar-refractivity contribution in [1.82, 2.24) is 4.57 Å². The SMILES string of the molecule is c1ccc(-c2ccccc2-c2cccc(N(c3ccccc3)c3cccc4c3c3ccccc3n4-c3c(-c4ccccc4)cccc3-c3ccccc3)c2)cc1. The fraction of sp³-hybridized carbons (Fsp3) is 0. The summed E-state index contributed by atoms with van der Waals surface area (Å²) in [4.78, 5) is 2.43. The van der Waals surface area contributed by atoms with E-state index in [2.05, 4.69) is 240 Å². The minimum atomic E-state index is 1.09. The zero-order valence-electron chi connectivity index (χ0n) is 30.8. The van der Waals surface area contributed by atoms with E-state index in [1.54, 1.807) is 0 Å². The van der Waals surface area contributed by atoms with Crippen LogP contribution in [0.3, 0.4) is 0 Å². The number of nitrogens with zero attached hydrogens (tertiary/aromatic N) is 2. The third kappa shape index (κ3) is 5.85. The van der Waals surface area contributed by atoms with Crippen LogP contribution >= 0.6 is 0 Å². The first-order valence-corrected chi connectivity index (χ1v) is 19.2. The second kappa shape index (κ2) is 14.4. The van der Waals surface area contributed by atoms with Gasteiger partial charge >= 0.3 is 0 Å². The average molecular weight is 715 g/mol. The van der Waals surface area contributed by atoms with Crippen LogP contribution in [0.15, 0.2) is 231 Å². The van der Waals surface area contributed by atoms with Gasteiger partial charge in [0, 0.05) is 33.3 Å². The molecule has 1 aromatic heterocycles. The molecule has 0 N–H and O–H groups in total. The van der Waals surface area contributed by atoms with Gasteiger partial charge in [0.1, 0.15) is 0 Å². The number of rotatable bonds is 8. The molecule has 0 unspecified atom stereocenters. The molecule has 0 saturated carbocycles. The summed E-state index contributed by atoms with van der Waals surface area (Å²) < 4.78 is 2.49. The van der Waals surface area contributed by atoms with Crippen LogP contribution < -0.4 is 4.90 Å². The van der Waals surface area contributed by atoms with Crippen molar-refractivity contribution in [3.05, 3.63) is 231 Å². The van der Waals surface area contributed by atoms with E-state index < -0.39 is 0 Å². The van der Waals surface area contributed by atoms with Crippen LogP contribution in [-0.4, -0.2) is 4.57 Å². The molecule has 2 nitrogen and oxygen atoms in total. The second-order valence-electron chi connectivity index (χ2n) is 14.1. The molecule has 0 aliphatic heterocycles. The summed E-state index contributed by atoms with van der Waals surface area (Å²) in [6, 6.07) is 83.0. The Morgan fingerprint density at radius 2 is 0.732 bits per heavy atom. The molecule has 2 heteroatoms. The molecule has 0 radical (unpaired) electrons. The first-order chi connectivity index (χ1) is 27.8. The van der Waals surface area contributed by atoms with Crippen molar-refractivity contribution in [2.75, 3.05) is 4.90 Å². The van der Waals surface area contributed by atoms with E-state index in [4.69, 9.17) is 0 Å². The molecule has 10 aromatic rings. The van der Waals surface area contributed by atoms with Crippen LogP contribution in [0.1, 0.15) is 0 Å². The van der Waals surface area contributed by atoms with E-state index in [1.807, 2.05) is 0 Å². The fourth-order valence-corrected chi connectivity index (χ4v) is 8.33. The van der Waals surface area contributed by atoms with Gasteiger partial charge in [0.2, 0.25) is 0 Å². The van der Waals surface area contributed by atoms with Crippen molar-refractivity contribution in [1.29, 1.82) is 0 Å². The molecule has 264 valence electrons. The van der Waals surface area contributed by atoms with Gasteiger partial charge in [0.05, 0.1) is 22.4 Å². The van der Waals surface area contributed by atoms with Crippen LogP contribution in [-0.2, 0) is 0 Å². The van der Waals surface area contributed by atoms with Crippen molar-refractivity contribution in [3.8, 4) is 50.2 Å². The third-order valence-corrected chi connectivity index (χ3v) is 10.8. The standard InChI is InChI=1S/C54H38N2/c1-5-20-39(21-6-1)45-30-13-14-31-46(45)42-26-17-29-44(38-42)55(43-27-11-4-12-28-43)51-36-19-37-52-53(51)49-32-15-16-35-50(49)56(52)54-47(40-22-7-2-8-23-40)33-18-34-48(54)41-24-9-3-10-25-41/h1-38H. The molecule has 0 spiro atoms. The quantitative estimate of drug-likeness (QED) is 0.152. The highest BCUT2D eigenvalue weighted by Gasteiger charge is 2.24. The Hall–Kier alpha value is -7.42. The number of para-hydroxylation sites is 3. The van der Waals surface area contributed by atoms with Crippen LogP contribution in [0.2, 0.25) is 0 Å². The monoisotopic (exact) mass is 714 g/mol. The number of anilines is 3. The number of aromatic nitrogens is 1. The Balaban J connectivity index is 1.25. The first-order valence-electron chi connectivity index (χ1n) is 19.2. The maximum atomic E-state index is 2.49. The molecule has 0 aliphatic rings. The summed E-state index contributed by atoms with van der Waals surface area (Å²) in [6.45, 7) is 0. The minimum absolute atomic E-state index is 1.09. The van der Waals surface area contributed by atoms with Gasteiger partial charge in [-0.15, -0.1) is 0 Å². The van der Waals surface area contributed by atoms with E-state index in [0.717, 1.165) is 28.1 Å². The van der Waals surface area contributed by atoms with E-state index in [9.17, 15) is 0 Å². The van der Waals surface area contributed by atoms with Crippen molar-refractivity contribution in [3.63, 3.8) is 0 Å². The summed E-state index contributed by atoms with van der Waals surface area (Å²) >= 11 is 0. The zero-order valence-corrected chi connectivity index (χ0v) is 30.8. The fourth-order valence-electron chi connectivity index (χ4n) is 8.33. The molecule has 1 heterocycles. The molecular formula is C54H38N2. The zero-order chi connectivity index (χ0) is 37.3. The van der Waals surface area contributed by atoms with Crippen LogP contribution in [0.5, 0.6) is 0 Å². The second-order valence-corrected chi connectivity index (χ2v) is 14.1. The number of fused-ring (bicyclic) bond motifs is 3. The Morgan fingerprint density at radius 1 is 0.304 bits per heavy atom. The van der Waals surface area contributed by atoms with Crippen molar-refractivity contribution < 1.29 is 0 Å². The summed E-state index contributed by atoms with van der Waals surface area (Å²) in [7, 11) is 0. The smallest absolute Gasteiger partial charge is 0.0618 e. The highest BCUT2D eigenvalue weighted by atomic mass is 15.1. The van der Waals surface area contributed by atoms with Gasteiger partial charge in [-0.3, -0.25) is 0 Å². The van der Waals surface area contributed by atoms with Gasteiger partial charge in [-0.1, -0.05) is 188 Å². The van der Waals surface area contributed by atoms with E-state index >= 15 is 0 Å². The minimum Gasteiger partial charge on any atom is -0.310 e. The normalized spacial score (nSPS) is 11.2. The molecule has 10 rings (SSSR count). The molecule has 0 bridgehead atoms. The first kappa shape index (κ1) is 33.2. The van der Waals surface area contributed by atoms with Gasteiger partial charge in [0.25, 0.3) is 0 Å². The molecule has 0 atom stereocenters. The van der Waals surface area contributed by atoms with Crippen LogP contribution in [0, 0.1) is 0 Å². The highest BCUT2D eigenvalue weighted by Crippen LogP contribution is 2.47. The van der Waals surface area contributed by atoms with E-state index in [1.165, 1.54) is 61.0 Å². The predicted molar refractivity (Wildman–Crippen MR) is 237 cm³/mol. The Labute approximate surface area is 327 Å². The summed E-state index contributed by atoms with van der Waals surface area (Å²) in [5.41, 5.74) is 16.3. The topological polar surface area (TPSA) is 8.17 Å².